The van der Waals surface area contributed by atoms with E-state index < -0.39 is 0 Å². The molecule has 0 spiro atoms. The minimum atomic E-state index is -0.384. The molecule has 6 heteroatoms. The van der Waals surface area contributed by atoms with E-state index in [1.807, 2.05) is 32.0 Å². The Morgan fingerprint density at radius 1 is 1.38 bits per heavy atom. The summed E-state index contributed by atoms with van der Waals surface area (Å²) in [5, 5.41) is 3.75. The number of nitrogens with one attached hydrogen (secondary N) is 1. The number of amides is 2. The van der Waals surface area contributed by atoms with Crippen molar-refractivity contribution in [2.45, 2.75) is 32.7 Å². The molecule has 1 atom stereocenters. The largest absolute Gasteiger partial charge is 0.353 e. The standard InChI is InChI=1S/C18H21N3O2S/c1-3-14-17(22)19-9-10-21(14)18(23)16-12(2)20-15(24-16)11-13-7-5-4-6-8-13/h4-8,14H,3,9-11H2,1-2H3,(H,19,22). The number of piperazine rings is 1. The summed E-state index contributed by atoms with van der Waals surface area (Å²) >= 11 is 1.44. The summed E-state index contributed by atoms with van der Waals surface area (Å²) in [6, 6.07) is 9.71. The molecule has 1 aromatic heterocycles. The Labute approximate surface area is 145 Å². The summed E-state index contributed by atoms with van der Waals surface area (Å²) in [6.07, 6.45) is 1.34. The van der Waals surface area contributed by atoms with Crippen LogP contribution in [0.1, 0.15) is 39.3 Å². The van der Waals surface area contributed by atoms with Crippen molar-refractivity contribution in [1.29, 1.82) is 0 Å². The third kappa shape index (κ3) is 3.33. The van der Waals surface area contributed by atoms with E-state index in [1.165, 1.54) is 16.9 Å². The Kier molecular flexibility index (Phi) is 4.94. The topological polar surface area (TPSA) is 62.3 Å². The number of aryl methyl sites for hydroxylation is 1. The Morgan fingerprint density at radius 3 is 2.83 bits per heavy atom. The van der Waals surface area contributed by atoms with E-state index in [2.05, 4.69) is 22.4 Å². The van der Waals surface area contributed by atoms with Gasteiger partial charge in [0.25, 0.3) is 5.91 Å². The molecular weight excluding hydrogens is 322 g/mol. The van der Waals surface area contributed by atoms with Crippen molar-refractivity contribution in [3.8, 4) is 0 Å². The maximum absolute atomic E-state index is 12.9. The SMILES string of the molecule is CCC1C(=O)NCCN1C(=O)c1sc(Cc2ccccc2)nc1C. The lowest BCUT2D eigenvalue weighted by Gasteiger charge is -2.34. The molecule has 1 aromatic carbocycles. The van der Waals surface area contributed by atoms with Crippen molar-refractivity contribution < 1.29 is 9.59 Å². The molecule has 2 aromatic rings. The second-order valence-electron chi connectivity index (χ2n) is 5.90. The summed E-state index contributed by atoms with van der Waals surface area (Å²) < 4.78 is 0. The third-order valence-corrected chi connectivity index (χ3v) is 5.36. The molecule has 0 radical (unpaired) electrons. The molecule has 1 N–H and O–H groups in total. The van der Waals surface area contributed by atoms with Crippen LogP contribution in [-0.4, -0.2) is 40.8 Å². The minimum Gasteiger partial charge on any atom is -0.353 e. The van der Waals surface area contributed by atoms with Gasteiger partial charge in [-0.3, -0.25) is 9.59 Å². The van der Waals surface area contributed by atoms with Crippen LogP contribution in [0.4, 0.5) is 0 Å². The first kappa shape index (κ1) is 16.6. The van der Waals surface area contributed by atoms with E-state index in [0.29, 0.717) is 24.4 Å². The summed E-state index contributed by atoms with van der Waals surface area (Å²) in [6.45, 7) is 4.85. The van der Waals surface area contributed by atoms with Gasteiger partial charge in [-0.1, -0.05) is 37.3 Å². The lowest BCUT2D eigenvalue weighted by molar-refractivity contribution is -0.127. The van der Waals surface area contributed by atoms with Crippen molar-refractivity contribution in [2.75, 3.05) is 13.1 Å². The molecule has 1 unspecified atom stereocenters. The summed E-state index contributed by atoms with van der Waals surface area (Å²) in [7, 11) is 0. The van der Waals surface area contributed by atoms with Gasteiger partial charge in [-0.25, -0.2) is 4.98 Å². The van der Waals surface area contributed by atoms with Gasteiger partial charge in [-0.05, 0) is 18.9 Å². The third-order valence-electron chi connectivity index (χ3n) is 4.21. The van der Waals surface area contributed by atoms with Crippen molar-refractivity contribution >= 4 is 23.2 Å². The van der Waals surface area contributed by atoms with E-state index in [0.717, 1.165) is 17.1 Å². The summed E-state index contributed by atoms with van der Waals surface area (Å²) in [5.41, 5.74) is 1.92. The lowest BCUT2D eigenvalue weighted by atomic mass is 10.1. The number of carbonyl (C=O) groups is 2. The van der Waals surface area contributed by atoms with Gasteiger partial charge in [0.15, 0.2) is 0 Å². The van der Waals surface area contributed by atoms with Crippen LogP contribution in [0.3, 0.4) is 0 Å². The highest BCUT2D eigenvalue weighted by Gasteiger charge is 2.33. The molecule has 3 rings (SSSR count). The second kappa shape index (κ2) is 7.13. The number of hydrogen-bond donors (Lipinski definition) is 1. The number of hydrogen-bond acceptors (Lipinski definition) is 4. The molecule has 1 saturated heterocycles. The van der Waals surface area contributed by atoms with Gasteiger partial charge in [0.2, 0.25) is 5.91 Å². The highest BCUT2D eigenvalue weighted by Crippen LogP contribution is 2.24. The Bertz CT molecular complexity index is 742. The predicted octanol–water partition coefficient (Wildman–Crippen LogP) is 2.39. The number of carbonyl (C=O) groups excluding carboxylic acids is 2. The van der Waals surface area contributed by atoms with Gasteiger partial charge in [0.1, 0.15) is 10.9 Å². The van der Waals surface area contributed by atoms with Crippen LogP contribution in [0.25, 0.3) is 0 Å². The van der Waals surface area contributed by atoms with E-state index in [9.17, 15) is 9.59 Å². The Morgan fingerprint density at radius 2 is 2.12 bits per heavy atom. The quantitative estimate of drug-likeness (QED) is 0.927. The average molecular weight is 343 g/mol. The van der Waals surface area contributed by atoms with Crippen molar-refractivity contribution in [2.24, 2.45) is 0 Å². The van der Waals surface area contributed by atoms with E-state index in [4.69, 9.17) is 0 Å². The zero-order valence-electron chi connectivity index (χ0n) is 13.9. The number of nitrogens with zero attached hydrogens (tertiary/aromatic N) is 2. The number of rotatable bonds is 4. The van der Waals surface area contributed by atoms with Crippen LogP contribution in [0, 0.1) is 6.92 Å². The van der Waals surface area contributed by atoms with Crippen molar-refractivity contribution in [3.63, 3.8) is 0 Å². The molecule has 1 fully saturated rings. The molecule has 0 bridgehead atoms. The molecule has 24 heavy (non-hydrogen) atoms. The van der Waals surface area contributed by atoms with Gasteiger partial charge in [0.05, 0.1) is 10.7 Å². The molecule has 5 nitrogen and oxygen atoms in total. The van der Waals surface area contributed by atoms with Crippen LogP contribution >= 0.6 is 11.3 Å². The van der Waals surface area contributed by atoms with Crippen LogP contribution in [-0.2, 0) is 11.2 Å². The Balaban J connectivity index is 1.81. The normalized spacial score (nSPS) is 17.7. The van der Waals surface area contributed by atoms with E-state index in [1.54, 1.807) is 4.90 Å². The van der Waals surface area contributed by atoms with Gasteiger partial charge in [-0.2, -0.15) is 0 Å². The minimum absolute atomic E-state index is 0.0659. The first-order valence-corrected chi connectivity index (χ1v) is 9.00. The van der Waals surface area contributed by atoms with Crippen molar-refractivity contribution in [3.05, 3.63) is 51.5 Å². The summed E-state index contributed by atoms with van der Waals surface area (Å²) in [5.74, 6) is -0.144. The molecule has 1 aliphatic rings. The van der Waals surface area contributed by atoms with Gasteiger partial charge >= 0.3 is 0 Å². The zero-order chi connectivity index (χ0) is 17.1. The van der Waals surface area contributed by atoms with Crippen LogP contribution in [0.15, 0.2) is 30.3 Å². The maximum Gasteiger partial charge on any atom is 0.266 e. The monoisotopic (exact) mass is 343 g/mol. The predicted molar refractivity (Wildman–Crippen MR) is 94.2 cm³/mol. The van der Waals surface area contributed by atoms with Crippen LogP contribution in [0.2, 0.25) is 0 Å². The second-order valence-corrected chi connectivity index (χ2v) is 6.98. The fourth-order valence-electron chi connectivity index (χ4n) is 2.99. The first-order valence-electron chi connectivity index (χ1n) is 8.19. The molecule has 1 aliphatic heterocycles. The number of aromatic nitrogens is 1. The van der Waals surface area contributed by atoms with Crippen LogP contribution in [0.5, 0.6) is 0 Å². The fraction of sp³-hybridized carbons (Fsp3) is 0.389. The number of benzene rings is 1. The van der Waals surface area contributed by atoms with Gasteiger partial charge in [-0.15, -0.1) is 11.3 Å². The molecular formula is C18H21N3O2S. The number of thiazole rings is 1. The van der Waals surface area contributed by atoms with Gasteiger partial charge in [0, 0.05) is 19.5 Å². The molecule has 0 aliphatic carbocycles. The zero-order valence-corrected chi connectivity index (χ0v) is 14.7. The first-order chi connectivity index (χ1) is 11.6. The fourth-order valence-corrected chi connectivity index (χ4v) is 4.05. The molecule has 0 saturated carbocycles. The molecule has 2 amide bonds. The molecule has 126 valence electrons. The molecule has 2 heterocycles. The van der Waals surface area contributed by atoms with Gasteiger partial charge < -0.3 is 10.2 Å². The van der Waals surface area contributed by atoms with Crippen LogP contribution < -0.4 is 5.32 Å². The average Bonchev–Trinajstić information content (AvgIpc) is 2.95. The highest BCUT2D eigenvalue weighted by atomic mass is 32.1. The Hall–Kier alpha value is -2.21. The highest BCUT2D eigenvalue weighted by molar-refractivity contribution is 7.13. The summed E-state index contributed by atoms with van der Waals surface area (Å²) in [4.78, 5) is 31.8. The van der Waals surface area contributed by atoms with E-state index in [-0.39, 0.29) is 17.9 Å². The lowest BCUT2D eigenvalue weighted by Crippen LogP contribution is -2.56. The maximum atomic E-state index is 12.9. The van der Waals surface area contributed by atoms with Crippen molar-refractivity contribution in [1.82, 2.24) is 15.2 Å². The smallest absolute Gasteiger partial charge is 0.266 e. The van der Waals surface area contributed by atoms with E-state index >= 15 is 0 Å².